The SMILES string of the molecule is O=C([O-])CSc1nc2cc([N+](=O)[O-])ccc2s1.[Na+]. The van der Waals surface area contributed by atoms with Gasteiger partial charge >= 0.3 is 29.6 Å². The van der Waals surface area contributed by atoms with Gasteiger partial charge in [0.15, 0.2) is 4.34 Å². The number of carbonyl (C=O) groups excluding carboxylic acids is 1. The standard InChI is InChI=1S/C9H6N2O4S2.Na/c12-8(13)4-16-9-10-6-3-5(11(14)15)1-2-7(6)17-9;/h1-3H,4H2,(H,12,13);/q;+1/p-1. The molecule has 0 spiro atoms. The number of benzene rings is 1. The van der Waals surface area contributed by atoms with Crippen LogP contribution in [0.15, 0.2) is 22.5 Å². The van der Waals surface area contributed by atoms with Gasteiger partial charge in [0.1, 0.15) is 0 Å². The normalized spacial score (nSPS) is 10.0. The van der Waals surface area contributed by atoms with E-state index in [0.717, 1.165) is 16.5 Å². The van der Waals surface area contributed by atoms with Gasteiger partial charge in [-0.15, -0.1) is 11.3 Å². The number of thiazole rings is 1. The molecule has 0 aliphatic heterocycles. The third-order valence-electron chi connectivity index (χ3n) is 1.88. The number of carbonyl (C=O) groups is 1. The molecule has 0 N–H and O–H groups in total. The van der Waals surface area contributed by atoms with Crippen molar-refractivity contribution >= 4 is 45.0 Å². The molecule has 88 valence electrons. The summed E-state index contributed by atoms with van der Waals surface area (Å²) >= 11 is 2.34. The number of hydrogen-bond acceptors (Lipinski definition) is 7. The van der Waals surface area contributed by atoms with Crippen molar-refractivity contribution in [3.63, 3.8) is 0 Å². The van der Waals surface area contributed by atoms with Crippen molar-refractivity contribution in [1.82, 2.24) is 4.98 Å². The molecule has 0 fully saturated rings. The quantitative estimate of drug-likeness (QED) is 0.281. The average Bonchev–Trinajstić information content (AvgIpc) is 2.67. The number of non-ortho nitro benzene ring substituents is 1. The van der Waals surface area contributed by atoms with E-state index in [-0.39, 0.29) is 41.0 Å². The van der Waals surface area contributed by atoms with Gasteiger partial charge < -0.3 is 9.90 Å². The number of carboxylic acid groups (broad SMARTS) is 1. The first-order chi connectivity index (χ1) is 8.06. The number of rotatable bonds is 4. The molecule has 18 heavy (non-hydrogen) atoms. The molecule has 2 rings (SSSR count). The number of hydrogen-bond donors (Lipinski definition) is 0. The second-order valence-electron chi connectivity index (χ2n) is 3.05. The Balaban J connectivity index is 0.00000162. The van der Waals surface area contributed by atoms with E-state index < -0.39 is 10.9 Å². The summed E-state index contributed by atoms with van der Waals surface area (Å²) in [5.41, 5.74) is 0.476. The minimum atomic E-state index is -1.17. The first-order valence-electron chi connectivity index (χ1n) is 4.44. The number of aliphatic carboxylic acids is 1. The van der Waals surface area contributed by atoms with Crippen LogP contribution in [0.4, 0.5) is 5.69 Å². The van der Waals surface area contributed by atoms with E-state index in [4.69, 9.17) is 0 Å². The number of aromatic nitrogens is 1. The third kappa shape index (κ3) is 3.66. The zero-order valence-corrected chi connectivity index (χ0v) is 12.9. The fourth-order valence-electron chi connectivity index (χ4n) is 1.19. The summed E-state index contributed by atoms with van der Waals surface area (Å²) in [6.45, 7) is 0. The van der Waals surface area contributed by atoms with E-state index in [1.165, 1.54) is 23.5 Å². The van der Waals surface area contributed by atoms with Gasteiger partial charge in [0.2, 0.25) is 0 Å². The monoisotopic (exact) mass is 292 g/mol. The van der Waals surface area contributed by atoms with Gasteiger partial charge in [-0.05, 0) is 6.07 Å². The molecule has 9 heteroatoms. The van der Waals surface area contributed by atoms with Crippen molar-refractivity contribution in [3.05, 3.63) is 28.3 Å². The largest absolute Gasteiger partial charge is 1.00 e. The number of fused-ring (bicyclic) bond motifs is 1. The van der Waals surface area contributed by atoms with Crippen LogP contribution in [-0.2, 0) is 4.79 Å². The van der Waals surface area contributed by atoms with Crippen LogP contribution in [0.25, 0.3) is 10.2 Å². The van der Waals surface area contributed by atoms with Gasteiger partial charge in [0, 0.05) is 17.9 Å². The predicted octanol–water partition coefficient (Wildman–Crippen LogP) is -1.95. The Bertz CT molecular complexity index is 601. The summed E-state index contributed by atoms with van der Waals surface area (Å²) in [7, 11) is 0. The summed E-state index contributed by atoms with van der Waals surface area (Å²) in [5, 5.41) is 20.8. The van der Waals surface area contributed by atoms with Crippen molar-refractivity contribution in [1.29, 1.82) is 0 Å². The number of nitro benzene ring substituents is 1. The van der Waals surface area contributed by atoms with E-state index in [1.54, 1.807) is 6.07 Å². The average molecular weight is 292 g/mol. The summed E-state index contributed by atoms with van der Waals surface area (Å²) in [6, 6.07) is 4.37. The smallest absolute Gasteiger partial charge is 0.549 e. The Hall–Kier alpha value is -0.670. The summed E-state index contributed by atoms with van der Waals surface area (Å²) in [5.74, 6) is -1.35. The molecule has 2 aromatic rings. The molecule has 6 nitrogen and oxygen atoms in total. The van der Waals surface area contributed by atoms with Crippen LogP contribution in [0, 0.1) is 10.1 Å². The van der Waals surface area contributed by atoms with Gasteiger partial charge in [-0.1, -0.05) is 11.8 Å². The van der Waals surface area contributed by atoms with E-state index in [0.29, 0.717) is 9.86 Å². The molecule has 0 aliphatic carbocycles. The van der Waals surface area contributed by atoms with E-state index >= 15 is 0 Å². The molecule has 1 heterocycles. The van der Waals surface area contributed by atoms with E-state index in [9.17, 15) is 20.0 Å². The topological polar surface area (TPSA) is 96.2 Å². The Morgan fingerprint density at radius 2 is 2.22 bits per heavy atom. The molecule has 0 radical (unpaired) electrons. The zero-order chi connectivity index (χ0) is 12.4. The van der Waals surface area contributed by atoms with E-state index in [1.807, 2.05) is 0 Å². The Labute approximate surface area is 132 Å². The Morgan fingerprint density at radius 1 is 1.50 bits per heavy atom. The zero-order valence-electron chi connectivity index (χ0n) is 9.28. The molecule has 1 aromatic heterocycles. The van der Waals surface area contributed by atoms with E-state index in [2.05, 4.69) is 4.98 Å². The number of nitro groups is 1. The van der Waals surface area contributed by atoms with Gasteiger partial charge in [-0.25, -0.2) is 4.98 Å². The van der Waals surface area contributed by atoms with Crippen LogP contribution in [0.5, 0.6) is 0 Å². The summed E-state index contributed by atoms with van der Waals surface area (Å²) < 4.78 is 1.35. The second kappa shape index (κ2) is 6.48. The van der Waals surface area contributed by atoms with Crippen LogP contribution in [0.1, 0.15) is 0 Å². The summed E-state index contributed by atoms with van der Waals surface area (Å²) in [6.07, 6.45) is 0. The maximum absolute atomic E-state index is 10.6. The number of thioether (sulfide) groups is 1. The molecule has 0 amide bonds. The minimum Gasteiger partial charge on any atom is -0.549 e. The third-order valence-corrected chi connectivity index (χ3v) is 4.03. The Morgan fingerprint density at radius 3 is 2.83 bits per heavy atom. The van der Waals surface area contributed by atoms with Crippen LogP contribution in [0.3, 0.4) is 0 Å². The second-order valence-corrected chi connectivity index (χ2v) is 5.30. The summed E-state index contributed by atoms with van der Waals surface area (Å²) in [4.78, 5) is 24.5. The van der Waals surface area contributed by atoms with Crippen LogP contribution < -0.4 is 34.7 Å². The van der Waals surface area contributed by atoms with Crippen molar-refractivity contribution in [2.75, 3.05) is 5.75 Å². The minimum absolute atomic E-state index is 0. The van der Waals surface area contributed by atoms with Crippen molar-refractivity contribution in [2.24, 2.45) is 0 Å². The first-order valence-corrected chi connectivity index (χ1v) is 6.24. The van der Waals surface area contributed by atoms with Crippen molar-refractivity contribution in [3.8, 4) is 0 Å². The molecule has 0 saturated heterocycles. The Kier molecular flexibility index (Phi) is 5.54. The molecule has 0 bridgehead atoms. The maximum Gasteiger partial charge on any atom is 1.00 e. The van der Waals surface area contributed by atoms with Crippen molar-refractivity contribution < 1.29 is 44.4 Å². The van der Waals surface area contributed by atoms with Crippen LogP contribution in [0.2, 0.25) is 0 Å². The molecule has 0 atom stereocenters. The number of nitrogens with zero attached hydrogens (tertiary/aromatic N) is 2. The molecule has 0 aliphatic rings. The molecule has 0 saturated carbocycles. The molecular weight excluding hydrogens is 287 g/mol. The number of carboxylic acids is 1. The fourth-order valence-corrected chi connectivity index (χ4v) is 2.95. The van der Waals surface area contributed by atoms with Gasteiger partial charge in [0.25, 0.3) is 5.69 Å². The molecular formula is C9H5N2NaO4S2. The molecule has 0 unspecified atom stereocenters. The molecule has 1 aromatic carbocycles. The van der Waals surface area contributed by atoms with Gasteiger partial charge in [-0.3, -0.25) is 10.1 Å². The van der Waals surface area contributed by atoms with Gasteiger partial charge in [-0.2, -0.15) is 0 Å². The predicted molar refractivity (Wildman–Crippen MR) is 62.0 cm³/mol. The van der Waals surface area contributed by atoms with Crippen LogP contribution >= 0.6 is 23.1 Å². The van der Waals surface area contributed by atoms with Gasteiger partial charge in [0.05, 0.1) is 21.1 Å². The first kappa shape index (κ1) is 15.4. The van der Waals surface area contributed by atoms with Crippen molar-refractivity contribution in [2.45, 2.75) is 4.34 Å². The maximum atomic E-state index is 10.6. The van der Waals surface area contributed by atoms with Crippen LogP contribution in [-0.4, -0.2) is 21.6 Å². The fraction of sp³-hybridized carbons (Fsp3) is 0.111.